The number of aliphatic hydroxyl groups excluding tert-OH is 1. The average molecular weight is 288 g/mol. The van der Waals surface area contributed by atoms with Crippen molar-refractivity contribution in [2.75, 3.05) is 0 Å². The van der Waals surface area contributed by atoms with Crippen molar-refractivity contribution < 1.29 is 9.50 Å². The van der Waals surface area contributed by atoms with Gasteiger partial charge in [0.15, 0.2) is 0 Å². The van der Waals surface area contributed by atoms with Gasteiger partial charge in [-0.25, -0.2) is 4.39 Å². The molecule has 0 saturated carbocycles. The van der Waals surface area contributed by atoms with Crippen molar-refractivity contribution in [3.8, 4) is 0 Å². The second-order valence-electron chi connectivity index (χ2n) is 4.53. The molecule has 3 rings (SSSR count). The number of halogens is 2. The molecule has 20 heavy (non-hydrogen) atoms. The Morgan fingerprint density at radius 2 is 1.90 bits per heavy atom. The van der Waals surface area contributed by atoms with E-state index in [0.29, 0.717) is 16.6 Å². The molecule has 1 N–H and O–H groups in total. The number of para-hydroxylation sites is 1. The predicted molar refractivity (Wildman–Crippen MR) is 77.2 cm³/mol. The van der Waals surface area contributed by atoms with Gasteiger partial charge in [0.05, 0.1) is 5.52 Å². The summed E-state index contributed by atoms with van der Waals surface area (Å²) < 4.78 is 13.4. The van der Waals surface area contributed by atoms with Gasteiger partial charge in [0.2, 0.25) is 0 Å². The van der Waals surface area contributed by atoms with Crippen molar-refractivity contribution in [3.05, 3.63) is 76.7 Å². The van der Waals surface area contributed by atoms with Crippen LogP contribution in [-0.2, 0) is 0 Å². The molecule has 0 amide bonds. The fourth-order valence-electron chi connectivity index (χ4n) is 2.26. The maximum absolute atomic E-state index is 13.4. The first-order valence-electron chi connectivity index (χ1n) is 6.13. The Bertz CT molecular complexity index is 750. The number of benzene rings is 2. The first-order chi connectivity index (χ1) is 9.65. The summed E-state index contributed by atoms with van der Waals surface area (Å²) in [6, 6.07) is 13.3. The smallest absolute Gasteiger partial charge is 0.125 e. The fourth-order valence-corrected chi connectivity index (χ4v) is 2.49. The molecule has 3 aromatic rings. The normalized spacial score (nSPS) is 12.6. The Kier molecular flexibility index (Phi) is 3.38. The molecule has 1 atom stereocenters. The number of aliphatic hydroxyl groups is 1. The average Bonchev–Trinajstić information content (AvgIpc) is 2.45. The Labute approximate surface area is 120 Å². The van der Waals surface area contributed by atoms with E-state index in [2.05, 4.69) is 4.98 Å². The monoisotopic (exact) mass is 287 g/mol. The van der Waals surface area contributed by atoms with E-state index in [1.807, 2.05) is 24.3 Å². The van der Waals surface area contributed by atoms with Crippen molar-refractivity contribution in [2.24, 2.45) is 0 Å². The zero-order valence-corrected chi connectivity index (χ0v) is 11.2. The van der Waals surface area contributed by atoms with Gasteiger partial charge in [0, 0.05) is 22.2 Å². The molecule has 0 aliphatic carbocycles. The zero-order valence-electron chi connectivity index (χ0n) is 10.4. The maximum Gasteiger partial charge on any atom is 0.125 e. The van der Waals surface area contributed by atoms with Crippen LogP contribution in [0.5, 0.6) is 0 Å². The lowest BCUT2D eigenvalue weighted by atomic mass is 9.99. The topological polar surface area (TPSA) is 33.1 Å². The molecule has 0 bridgehead atoms. The standard InChI is InChI=1S/C16H11ClFNO/c17-12-7-11(8-13(18)9-12)16(20)14-5-1-3-10-4-2-6-19-15(10)14/h1-9,16,20H. The van der Waals surface area contributed by atoms with E-state index in [1.54, 1.807) is 18.3 Å². The summed E-state index contributed by atoms with van der Waals surface area (Å²) >= 11 is 5.83. The van der Waals surface area contributed by atoms with E-state index in [0.717, 1.165) is 5.39 Å². The summed E-state index contributed by atoms with van der Waals surface area (Å²) in [5.41, 5.74) is 1.74. The van der Waals surface area contributed by atoms with Crippen LogP contribution in [0.1, 0.15) is 17.2 Å². The van der Waals surface area contributed by atoms with Gasteiger partial charge in [-0.05, 0) is 29.8 Å². The van der Waals surface area contributed by atoms with Crippen molar-refractivity contribution in [2.45, 2.75) is 6.10 Å². The van der Waals surface area contributed by atoms with Crippen LogP contribution in [-0.4, -0.2) is 10.1 Å². The quantitative estimate of drug-likeness (QED) is 0.769. The summed E-state index contributed by atoms with van der Waals surface area (Å²) in [5, 5.41) is 11.7. The number of rotatable bonds is 2. The van der Waals surface area contributed by atoms with Crippen LogP contribution < -0.4 is 0 Å². The van der Waals surface area contributed by atoms with Crippen LogP contribution in [0.15, 0.2) is 54.7 Å². The van der Waals surface area contributed by atoms with Gasteiger partial charge < -0.3 is 5.11 Å². The lowest BCUT2D eigenvalue weighted by Gasteiger charge is -2.14. The van der Waals surface area contributed by atoms with Crippen LogP contribution in [0.3, 0.4) is 0 Å². The van der Waals surface area contributed by atoms with E-state index < -0.39 is 11.9 Å². The molecule has 1 unspecified atom stereocenters. The minimum absolute atomic E-state index is 0.257. The molecular weight excluding hydrogens is 277 g/mol. The van der Waals surface area contributed by atoms with Crippen LogP contribution in [0.2, 0.25) is 5.02 Å². The first kappa shape index (κ1) is 13.0. The first-order valence-corrected chi connectivity index (χ1v) is 6.50. The third kappa shape index (κ3) is 2.38. The second kappa shape index (κ2) is 5.19. The van der Waals surface area contributed by atoms with Crippen molar-refractivity contribution in [1.82, 2.24) is 4.98 Å². The summed E-state index contributed by atoms with van der Waals surface area (Å²) in [6.07, 6.45) is 0.693. The molecular formula is C16H11ClFNO. The zero-order chi connectivity index (χ0) is 14.1. The number of pyridine rings is 1. The molecule has 100 valence electrons. The number of hydrogen-bond donors (Lipinski definition) is 1. The number of fused-ring (bicyclic) bond motifs is 1. The Morgan fingerprint density at radius 1 is 1.10 bits per heavy atom. The van der Waals surface area contributed by atoms with Crippen LogP contribution >= 0.6 is 11.6 Å². The molecule has 0 aliphatic heterocycles. The van der Waals surface area contributed by atoms with Crippen molar-refractivity contribution in [3.63, 3.8) is 0 Å². The molecule has 1 aromatic heterocycles. The molecule has 0 fully saturated rings. The molecule has 1 heterocycles. The van der Waals surface area contributed by atoms with Crippen molar-refractivity contribution >= 4 is 22.5 Å². The van der Waals surface area contributed by atoms with Crippen LogP contribution in [0.4, 0.5) is 4.39 Å². The highest BCUT2D eigenvalue weighted by atomic mass is 35.5. The fraction of sp³-hybridized carbons (Fsp3) is 0.0625. The highest BCUT2D eigenvalue weighted by Crippen LogP contribution is 2.29. The van der Waals surface area contributed by atoms with Gasteiger partial charge in [0.25, 0.3) is 0 Å². The molecule has 0 aliphatic rings. The lowest BCUT2D eigenvalue weighted by molar-refractivity contribution is 0.221. The third-order valence-electron chi connectivity index (χ3n) is 3.16. The highest BCUT2D eigenvalue weighted by molar-refractivity contribution is 6.30. The van der Waals surface area contributed by atoms with Crippen LogP contribution in [0, 0.1) is 5.82 Å². The number of aromatic nitrogens is 1. The van der Waals surface area contributed by atoms with E-state index in [-0.39, 0.29) is 5.02 Å². The van der Waals surface area contributed by atoms with Gasteiger partial charge in [-0.2, -0.15) is 0 Å². The third-order valence-corrected chi connectivity index (χ3v) is 3.38. The Morgan fingerprint density at radius 3 is 2.70 bits per heavy atom. The van der Waals surface area contributed by atoms with Gasteiger partial charge in [-0.1, -0.05) is 35.9 Å². The predicted octanol–water partition coefficient (Wildman–Crippen LogP) is 4.11. The van der Waals surface area contributed by atoms with E-state index in [4.69, 9.17) is 11.6 Å². The summed E-state index contributed by atoms with van der Waals surface area (Å²) in [6.45, 7) is 0. The molecule has 0 radical (unpaired) electrons. The molecule has 4 heteroatoms. The van der Waals surface area contributed by atoms with Crippen molar-refractivity contribution in [1.29, 1.82) is 0 Å². The van der Waals surface area contributed by atoms with E-state index >= 15 is 0 Å². The van der Waals surface area contributed by atoms with Gasteiger partial charge in [-0.15, -0.1) is 0 Å². The van der Waals surface area contributed by atoms with E-state index in [1.165, 1.54) is 12.1 Å². The minimum Gasteiger partial charge on any atom is -0.384 e. The second-order valence-corrected chi connectivity index (χ2v) is 4.96. The highest BCUT2D eigenvalue weighted by Gasteiger charge is 2.15. The largest absolute Gasteiger partial charge is 0.384 e. The van der Waals surface area contributed by atoms with Gasteiger partial charge in [0.1, 0.15) is 11.9 Å². The minimum atomic E-state index is -0.971. The molecule has 2 nitrogen and oxygen atoms in total. The lowest BCUT2D eigenvalue weighted by Crippen LogP contribution is -2.02. The molecule has 0 saturated heterocycles. The van der Waals surface area contributed by atoms with Crippen LogP contribution in [0.25, 0.3) is 10.9 Å². The van der Waals surface area contributed by atoms with Gasteiger partial charge in [-0.3, -0.25) is 4.98 Å². The molecule has 2 aromatic carbocycles. The summed E-state index contributed by atoms with van der Waals surface area (Å²) in [7, 11) is 0. The Balaban J connectivity index is 2.15. The summed E-state index contributed by atoms with van der Waals surface area (Å²) in [4.78, 5) is 4.29. The number of nitrogens with zero attached hydrogens (tertiary/aromatic N) is 1. The molecule has 0 spiro atoms. The Hall–Kier alpha value is -1.97. The SMILES string of the molecule is OC(c1cc(F)cc(Cl)c1)c1cccc2cccnc12. The maximum atomic E-state index is 13.4. The van der Waals surface area contributed by atoms with Gasteiger partial charge >= 0.3 is 0 Å². The number of hydrogen-bond acceptors (Lipinski definition) is 2. The summed E-state index contributed by atoms with van der Waals surface area (Å²) in [5.74, 6) is -0.472. The van der Waals surface area contributed by atoms with E-state index in [9.17, 15) is 9.50 Å².